The van der Waals surface area contributed by atoms with Crippen molar-refractivity contribution in [3.8, 4) is 5.75 Å². The Labute approximate surface area is 124 Å². The molecule has 1 aromatic rings. The molecule has 1 aliphatic rings. The average molecular weight is 301 g/mol. The SMILES string of the molecule is COc1cc(Cl)c(F)c(C)c1B1OC(C)(C)C(C)(C)O1. The van der Waals surface area contributed by atoms with Gasteiger partial charge in [0.15, 0.2) is 0 Å². The van der Waals surface area contributed by atoms with E-state index in [0.29, 0.717) is 16.8 Å². The van der Waals surface area contributed by atoms with Gasteiger partial charge in [0.25, 0.3) is 0 Å². The van der Waals surface area contributed by atoms with E-state index in [4.69, 9.17) is 25.6 Å². The molecule has 1 aliphatic heterocycles. The maximum absolute atomic E-state index is 14.0. The van der Waals surface area contributed by atoms with Crippen LogP contribution >= 0.6 is 11.6 Å². The molecule has 0 bridgehead atoms. The normalized spacial score (nSPS) is 20.3. The summed E-state index contributed by atoms with van der Waals surface area (Å²) in [5.74, 6) is -0.00965. The quantitative estimate of drug-likeness (QED) is 0.786. The first-order valence-corrected chi connectivity index (χ1v) is 6.86. The Morgan fingerprint density at radius 2 is 1.70 bits per heavy atom. The number of benzene rings is 1. The second-order valence-electron chi connectivity index (χ2n) is 6.00. The van der Waals surface area contributed by atoms with Crippen molar-refractivity contribution in [2.45, 2.75) is 45.8 Å². The van der Waals surface area contributed by atoms with Crippen LogP contribution < -0.4 is 10.2 Å². The number of hydrogen-bond acceptors (Lipinski definition) is 3. The third-order valence-electron chi connectivity index (χ3n) is 4.18. The maximum Gasteiger partial charge on any atom is 0.499 e. The monoisotopic (exact) mass is 300 g/mol. The first-order valence-electron chi connectivity index (χ1n) is 6.49. The molecule has 0 radical (unpaired) electrons. The van der Waals surface area contributed by atoms with E-state index in [9.17, 15) is 4.39 Å². The molecule has 3 nitrogen and oxygen atoms in total. The third kappa shape index (κ3) is 2.32. The lowest BCUT2D eigenvalue weighted by molar-refractivity contribution is 0.00578. The van der Waals surface area contributed by atoms with E-state index in [1.807, 2.05) is 27.7 Å². The Morgan fingerprint density at radius 1 is 1.20 bits per heavy atom. The van der Waals surface area contributed by atoms with Gasteiger partial charge in [-0.05, 0) is 40.2 Å². The lowest BCUT2D eigenvalue weighted by Gasteiger charge is -2.32. The second-order valence-corrected chi connectivity index (χ2v) is 6.41. The van der Waals surface area contributed by atoms with Crippen LogP contribution in [0.15, 0.2) is 6.07 Å². The Morgan fingerprint density at radius 3 is 2.15 bits per heavy atom. The van der Waals surface area contributed by atoms with Crippen molar-refractivity contribution in [2.24, 2.45) is 0 Å². The Balaban J connectivity index is 2.52. The fraction of sp³-hybridized carbons (Fsp3) is 0.571. The van der Waals surface area contributed by atoms with Crippen LogP contribution in [0.4, 0.5) is 4.39 Å². The molecule has 2 rings (SSSR count). The zero-order valence-electron chi connectivity index (χ0n) is 12.6. The number of hydrogen-bond donors (Lipinski definition) is 0. The van der Waals surface area contributed by atoms with Gasteiger partial charge in [0.05, 0.1) is 23.3 Å². The van der Waals surface area contributed by atoms with Gasteiger partial charge >= 0.3 is 7.12 Å². The van der Waals surface area contributed by atoms with Gasteiger partial charge in [0.2, 0.25) is 0 Å². The van der Waals surface area contributed by atoms with E-state index >= 15 is 0 Å². The number of ether oxygens (including phenoxy) is 1. The van der Waals surface area contributed by atoms with Crippen LogP contribution in [0.3, 0.4) is 0 Å². The number of rotatable bonds is 2. The van der Waals surface area contributed by atoms with Crippen molar-refractivity contribution in [3.05, 3.63) is 22.5 Å². The predicted octanol–water partition coefficient (Wildman–Crippen LogP) is 3.10. The van der Waals surface area contributed by atoms with Gasteiger partial charge in [0.1, 0.15) is 11.6 Å². The minimum atomic E-state index is -0.679. The number of methoxy groups -OCH3 is 1. The zero-order valence-corrected chi connectivity index (χ0v) is 13.4. The van der Waals surface area contributed by atoms with Gasteiger partial charge in [-0.1, -0.05) is 11.6 Å². The lowest BCUT2D eigenvalue weighted by Crippen LogP contribution is -2.41. The van der Waals surface area contributed by atoms with Crippen LogP contribution in [-0.2, 0) is 9.31 Å². The lowest BCUT2D eigenvalue weighted by atomic mass is 9.75. The summed E-state index contributed by atoms with van der Waals surface area (Å²) in [6.07, 6.45) is 0. The van der Waals surface area contributed by atoms with Crippen molar-refractivity contribution < 1.29 is 18.4 Å². The van der Waals surface area contributed by atoms with Gasteiger partial charge in [-0.15, -0.1) is 0 Å². The minimum Gasteiger partial charge on any atom is -0.497 e. The van der Waals surface area contributed by atoms with Crippen molar-refractivity contribution in [2.75, 3.05) is 7.11 Å². The predicted molar refractivity (Wildman–Crippen MR) is 78.4 cm³/mol. The molecule has 1 saturated heterocycles. The highest BCUT2D eigenvalue weighted by Crippen LogP contribution is 2.38. The van der Waals surface area contributed by atoms with Gasteiger partial charge in [0, 0.05) is 11.5 Å². The molecule has 0 aromatic heterocycles. The summed E-state index contributed by atoms with van der Waals surface area (Å²) < 4.78 is 31.3. The fourth-order valence-electron chi connectivity index (χ4n) is 2.16. The molecule has 1 aromatic carbocycles. The first-order chi connectivity index (χ1) is 9.10. The van der Waals surface area contributed by atoms with Crippen LogP contribution in [0, 0.1) is 12.7 Å². The van der Waals surface area contributed by atoms with Gasteiger partial charge < -0.3 is 14.0 Å². The van der Waals surface area contributed by atoms with Gasteiger partial charge in [-0.2, -0.15) is 0 Å². The smallest absolute Gasteiger partial charge is 0.497 e. The van der Waals surface area contributed by atoms with Crippen LogP contribution in [-0.4, -0.2) is 25.4 Å². The highest BCUT2D eigenvalue weighted by atomic mass is 35.5. The third-order valence-corrected chi connectivity index (χ3v) is 4.45. The molecule has 0 aliphatic carbocycles. The second kappa shape index (κ2) is 4.90. The summed E-state index contributed by atoms with van der Waals surface area (Å²) >= 11 is 5.85. The van der Waals surface area contributed by atoms with E-state index in [-0.39, 0.29) is 5.02 Å². The van der Waals surface area contributed by atoms with Gasteiger partial charge in [-0.3, -0.25) is 0 Å². The van der Waals surface area contributed by atoms with Crippen LogP contribution in [0.25, 0.3) is 0 Å². The van der Waals surface area contributed by atoms with Crippen LogP contribution in [0.5, 0.6) is 5.75 Å². The van der Waals surface area contributed by atoms with E-state index in [1.54, 1.807) is 6.92 Å². The van der Waals surface area contributed by atoms with Gasteiger partial charge in [-0.25, -0.2) is 4.39 Å². The topological polar surface area (TPSA) is 27.7 Å². The van der Waals surface area contributed by atoms with E-state index in [2.05, 4.69) is 0 Å². The summed E-state index contributed by atoms with van der Waals surface area (Å²) in [7, 11) is 0.833. The van der Waals surface area contributed by atoms with Crippen LogP contribution in [0.2, 0.25) is 5.02 Å². The minimum absolute atomic E-state index is 0.0274. The molecule has 1 fully saturated rings. The van der Waals surface area contributed by atoms with Crippen molar-refractivity contribution in [1.82, 2.24) is 0 Å². The number of halogens is 2. The highest BCUT2D eigenvalue weighted by molar-refractivity contribution is 6.63. The average Bonchev–Trinajstić information content (AvgIpc) is 2.54. The Bertz CT molecular complexity index is 530. The maximum atomic E-state index is 14.0. The summed E-state index contributed by atoms with van der Waals surface area (Å²) in [4.78, 5) is 0. The summed E-state index contributed by atoms with van der Waals surface area (Å²) in [5.41, 5.74) is -0.0582. The standard InChI is InChI=1S/C14H19BClFO3/c1-8-11(10(18-6)7-9(16)12(8)17)15-19-13(2,3)14(4,5)20-15/h7H,1-6H3. The van der Waals surface area contributed by atoms with E-state index in [0.717, 1.165) is 0 Å². The summed E-state index contributed by atoms with van der Waals surface area (Å²) in [6.45, 7) is 9.43. The zero-order chi connectivity index (χ0) is 15.3. The van der Waals surface area contributed by atoms with E-state index in [1.165, 1.54) is 13.2 Å². The summed E-state index contributed by atoms with van der Waals surface area (Å²) in [6, 6.07) is 1.45. The molecule has 6 heteroatoms. The van der Waals surface area contributed by atoms with Crippen molar-refractivity contribution in [1.29, 1.82) is 0 Å². The molecule has 0 spiro atoms. The Hall–Kier alpha value is -0.775. The highest BCUT2D eigenvalue weighted by Gasteiger charge is 2.53. The largest absolute Gasteiger partial charge is 0.499 e. The fourth-order valence-corrected chi connectivity index (χ4v) is 2.40. The molecule has 0 saturated carbocycles. The molecule has 110 valence electrons. The van der Waals surface area contributed by atoms with Crippen molar-refractivity contribution >= 4 is 24.2 Å². The molecule has 0 N–H and O–H groups in total. The van der Waals surface area contributed by atoms with E-state index < -0.39 is 24.1 Å². The molecule has 0 atom stereocenters. The molecular formula is C14H19BClFO3. The molecule has 0 unspecified atom stereocenters. The van der Waals surface area contributed by atoms with Crippen molar-refractivity contribution in [3.63, 3.8) is 0 Å². The Kier molecular flexibility index (Phi) is 3.82. The first kappa shape index (κ1) is 15.6. The molecule has 0 amide bonds. The summed E-state index contributed by atoms with van der Waals surface area (Å²) in [5, 5.41) is 0.0274. The molecule has 1 heterocycles. The molecular weight excluding hydrogens is 281 g/mol. The molecule has 20 heavy (non-hydrogen) atoms. The van der Waals surface area contributed by atoms with Crippen LogP contribution in [0.1, 0.15) is 33.3 Å².